The van der Waals surface area contributed by atoms with Gasteiger partial charge in [0.15, 0.2) is 6.61 Å². The van der Waals surface area contributed by atoms with Crippen molar-refractivity contribution in [1.29, 1.82) is 0 Å². The molecule has 1 amide bonds. The van der Waals surface area contributed by atoms with E-state index in [1.807, 2.05) is 29.6 Å². The minimum atomic E-state index is -0.642. The number of nitro benzene ring substituents is 1. The van der Waals surface area contributed by atoms with E-state index in [4.69, 9.17) is 4.74 Å². The maximum absolute atomic E-state index is 12.8. The molecule has 0 bridgehead atoms. The van der Waals surface area contributed by atoms with Crippen molar-refractivity contribution in [1.82, 2.24) is 4.98 Å². The van der Waals surface area contributed by atoms with Gasteiger partial charge in [0.25, 0.3) is 11.6 Å². The number of hydrogen-bond donors (Lipinski definition) is 1. The number of amides is 1. The van der Waals surface area contributed by atoms with E-state index in [0.29, 0.717) is 33.4 Å². The number of anilines is 1. The number of nitro groups is 1. The third-order valence-corrected chi connectivity index (χ3v) is 5.63. The number of aryl methyl sites for hydroxylation is 1. The molecule has 0 aliphatic heterocycles. The first-order valence-electron chi connectivity index (χ1n) is 9.58. The SMILES string of the molecule is Cc1cc([N+](=O)[O-])ccc1NC(=O)COC(=O)c1cc(-c2cccs2)nc2ccccc12. The van der Waals surface area contributed by atoms with E-state index in [9.17, 15) is 19.7 Å². The van der Waals surface area contributed by atoms with Gasteiger partial charge in [-0.05, 0) is 42.1 Å². The number of carbonyl (C=O) groups is 2. The summed E-state index contributed by atoms with van der Waals surface area (Å²) in [5, 5.41) is 16.0. The van der Waals surface area contributed by atoms with Crippen LogP contribution in [-0.2, 0) is 9.53 Å². The summed E-state index contributed by atoms with van der Waals surface area (Å²) in [6.45, 7) is 1.14. The van der Waals surface area contributed by atoms with E-state index in [1.54, 1.807) is 25.1 Å². The average molecular weight is 447 g/mol. The van der Waals surface area contributed by atoms with Gasteiger partial charge in [0.1, 0.15) is 0 Å². The van der Waals surface area contributed by atoms with Crippen LogP contribution < -0.4 is 5.32 Å². The molecule has 0 saturated heterocycles. The van der Waals surface area contributed by atoms with Crippen LogP contribution in [0.4, 0.5) is 11.4 Å². The second kappa shape index (κ2) is 8.94. The molecule has 4 rings (SSSR count). The van der Waals surface area contributed by atoms with Gasteiger partial charge in [-0.25, -0.2) is 9.78 Å². The summed E-state index contributed by atoms with van der Waals surface area (Å²) in [7, 11) is 0. The Kier molecular flexibility index (Phi) is 5.91. The maximum atomic E-state index is 12.8. The number of ether oxygens (including phenoxy) is 1. The lowest BCUT2D eigenvalue weighted by molar-refractivity contribution is -0.384. The average Bonchev–Trinajstić information content (AvgIpc) is 3.33. The molecule has 160 valence electrons. The number of para-hydroxylation sites is 1. The number of benzene rings is 2. The standard InChI is InChI=1S/C23H17N3O5S/c1-14-11-15(26(29)30)8-9-18(14)25-22(27)13-31-23(28)17-12-20(21-7-4-10-32-21)24-19-6-3-2-5-16(17)19/h2-12H,13H2,1H3,(H,25,27). The number of nitrogens with one attached hydrogen (secondary N) is 1. The van der Waals surface area contributed by atoms with Crippen molar-refractivity contribution in [2.75, 3.05) is 11.9 Å². The third kappa shape index (κ3) is 4.47. The lowest BCUT2D eigenvalue weighted by Crippen LogP contribution is -2.21. The molecule has 0 unspecified atom stereocenters. The second-order valence-electron chi connectivity index (χ2n) is 6.93. The van der Waals surface area contributed by atoms with Gasteiger partial charge in [-0.1, -0.05) is 24.3 Å². The molecule has 0 spiro atoms. The van der Waals surface area contributed by atoms with Crippen LogP contribution in [0, 0.1) is 17.0 Å². The molecule has 4 aromatic rings. The molecule has 0 atom stereocenters. The molecule has 0 aliphatic rings. The van der Waals surface area contributed by atoms with Crippen molar-refractivity contribution in [3.8, 4) is 10.6 Å². The molecule has 9 heteroatoms. The Morgan fingerprint density at radius 3 is 2.66 bits per heavy atom. The largest absolute Gasteiger partial charge is 0.452 e. The van der Waals surface area contributed by atoms with E-state index in [-0.39, 0.29) is 5.69 Å². The number of fused-ring (bicyclic) bond motifs is 1. The number of esters is 1. The molecule has 8 nitrogen and oxygen atoms in total. The van der Waals surface area contributed by atoms with E-state index >= 15 is 0 Å². The zero-order chi connectivity index (χ0) is 22.7. The molecular weight excluding hydrogens is 430 g/mol. The molecule has 2 heterocycles. The fraction of sp³-hybridized carbons (Fsp3) is 0.0870. The predicted octanol–water partition coefficient (Wildman–Crippen LogP) is 4.98. The van der Waals surface area contributed by atoms with Crippen molar-refractivity contribution in [2.45, 2.75) is 6.92 Å². The molecule has 0 saturated carbocycles. The monoisotopic (exact) mass is 447 g/mol. The summed E-state index contributed by atoms with van der Waals surface area (Å²) in [5.74, 6) is -1.19. The molecule has 1 N–H and O–H groups in total. The Bertz CT molecular complexity index is 1330. The highest BCUT2D eigenvalue weighted by Crippen LogP contribution is 2.28. The molecule has 2 aromatic heterocycles. The fourth-order valence-corrected chi connectivity index (χ4v) is 3.88. The van der Waals surface area contributed by atoms with Crippen LogP contribution in [0.1, 0.15) is 15.9 Å². The first-order chi connectivity index (χ1) is 15.4. The first-order valence-corrected chi connectivity index (χ1v) is 10.5. The summed E-state index contributed by atoms with van der Waals surface area (Å²) < 4.78 is 5.26. The lowest BCUT2D eigenvalue weighted by atomic mass is 10.1. The van der Waals surface area contributed by atoms with Crippen molar-refractivity contribution in [3.05, 3.63) is 87.3 Å². The van der Waals surface area contributed by atoms with Crippen LogP contribution in [-0.4, -0.2) is 28.4 Å². The normalized spacial score (nSPS) is 10.7. The van der Waals surface area contributed by atoms with Crippen molar-refractivity contribution < 1.29 is 19.2 Å². The number of hydrogen-bond acceptors (Lipinski definition) is 7. The smallest absolute Gasteiger partial charge is 0.339 e. The van der Waals surface area contributed by atoms with Crippen molar-refractivity contribution >= 4 is 45.5 Å². The summed E-state index contributed by atoms with van der Waals surface area (Å²) in [5.41, 5.74) is 2.48. The molecule has 0 radical (unpaired) electrons. The molecule has 0 fully saturated rings. The minimum absolute atomic E-state index is 0.0713. The van der Waals surface area contributed by atoms with Gasteiger partial charge in [0.05, 0.1) is 26.6 Å². The summed E-state index contributed by atoms with van der Waals surface area (Å²) in [6.07, 6.45) is 0. The van der Waals surface area contributed by atoms with Crippen LogP contribution in [0.15, 0.2) is 66.0 Å². The molecular formula is C23H17N3O5S. The predicted molar refractivity (Wildman–Crippen MR) is 122 cm³/mol. The van der Waals surface area contributed by atoms with Gasteiger partial charge in [-0.3, -0.25) is 14.9 Å². The van der Waals surface area contributed by atoms with E-state index < -0.39 is 23.4 Å². The Morgan fingerprint density at radius 1 is 1.12 bits per heavy atom. The summed E-state index contributed by atoms with van der Waals surface area (Å²) in [6, 6.07) is 16.8. The first kappa shape index (κ1) is 21.1. The second-order valence-corrected chi connectivity index (χ2v) is 7.88. The van der Waals surface area contributed by atoms with Gasteiger partial charge in [-0.2, -0.15) is 0 Å². The third-order valence-electron chi connectivity index (χ3n) is 4.74. The van der Waals surface area contributed by atoms with Crippen LogP contribution in [0.5, 0.6) is 0 Å². The number of thiophene rings is 1. The molecule has 2 aromatic carbocycles. The van der Waals surface area contributed by atoms with Gasteiger partial charge < -0.3 is 10.1 Å². The van der Waals surface area contributed by atoms with Gasteiger partial charge in [0.2, 0.25) is 0 Å². The minimum Gasteiger partial charge on any atom is -0.452 e. The van der Waals surface area contributed by atoms with Crippen LogP contribution in [0.25, 0.3) is 21.5 Å². The number of aromatic nitrogens is 1. The number of pyridine rings is 1. The number of nitrogens with zero attached hydrogens (tertiary/aromatic N) is 2. The van der Waals surface area contributed by atoms with Crippen molar-refractivity contribution in [2.24, 2.45) is 0 Å². The fourth-order valence-electron chi connectivity index (χ4n) is 3.19. The van der Waals surface area contributed by atoms with Crippen molar-refractivity contribution in [3.63, 3.8) is 0 Å². The Hall–Kier alpha value is -4.11. The number of carbonyl (C=O) groups excluding carboxylic acids is 2. The van der Waals surface area contributed by atoms with E-state index in [1.165, 1.54) is 29.5 Å². The highest BCUT2D eigenvalue weighted by molar-refractivity contribution is 7.13. The lowest BCUT2D eigenvalue weighted by Gasteiger charge is -2.11. The van der Waals surface area contributed by atoms with E-state index in [0.717, 1.165) is 4.88 Å². The van der Waals surface area contributed by atoms with Gasteiger partial charge >= 0.3 is 5.97 Å². The highest BCUT2D eigenvalue weighted by atomic mass is 32.1. The number of non-ortho nitro benzene ring substituents is 1. The van der Waals surface area contributed by atoms with Gasteiger partial charge in [0, 0.05) is 23.2 Å². The topological polar surface area (TPSA) is 111 Å². The quantitative estimate of drug-likeness (QED) is 0.254. The van der Waals surface area contributed by atoms with Crippen LogP contribution in [0.3, 0.4) is 0 Å². The summed E-state index contributed by atoms with van der Waals surface area (Å²) >= 11 is 1.51. The maximum Gasteiger partial charge on any atom is 0.339 e. The molecule has 32 heavy (non-hydrogen) atoms. The zero-order valence-electron chi connectivity index (χ0n) is 16.9. The van der Waals surface area contributed by atoms with Gasteiger partial charge in [-0.15, -0.1) is 11.3 Å². The Morgan fingerprint density at radius 2 is 1.94 bits per heavy atom. The highest BCUT2D eigenvalue weighted by Gasteiger charge is 2.17. The number of rotatable bonds is 6. The summed E-state index contributed by atoms with van der Waals surface area (Å²) in [4.78, 5) is 41.0. The Balaban J connectivity index is 1.51. The zero-order valence-corrected chi connectivity index (χ0v) is 17.7. The Labute approximate surface area is 186 Å². The van der Waals surface area contributed by atoms with Crippen LogP contribution in [0.2, 0.25) is 0 Å². The van der Waals surface area contributed by atoms with E-state index in [2.05, 4.69) is 10.3 Å². The molecule has 0 aliphatic carbocycles. The van der Waals surface area contributed by atoms with Crippen LogP contribution >= 0.6 is 11.3 Å².